The maximum Gasteiger partial charge on any atom is 0.325 e. The van der Waals surface area contributed by atoms with Crippen molar-refractivity contribution >= 4 is 45.7 Å². The second kappa shape index (κ2) is 7.87. The molecule has 29 heavy (non-hydrogen) atoms. The van der Waals surface area contributed by atoms with E-state index in [0.29, 0.717) is 23.9 Å². The van der Waals surface area contributed by atoms with Crippen LogP contribution in [0.2, 0.25) is 0 Å². The number of nitrogens with zero attached hydrogens (tertiary/aromatic N) is 2. The van der Waals surface area contributed by atoms with Crippen molar-refractivity contribution in [3.8, 4) is 10.6 Å². The van der Waals surface area contributed by atoms with Gasteiger partial charge in [0.15, 0.2) is 5.13 Å². The highest BCUT2D eigenvalue weighted by atomic mass is 32.1. The third-order valence-electron chi connectivity index (χ3n) is 5.83. The van der Waals surface area contributed by atoms with Gasteiger partial charge in [-0.25, -0.2) is 9.78 Å². The summed E-state index contributed by atoms with van der Waals surface area (Å²) in [7, 11) is 0. The molecule has 0 bridgehead atoms. The number of imide groups is 1. The van der Waals surface area contributed by atoms with Gasteiger partial charge in [-0.15, -0.1) is 22.7 Å². The number of amides is 4. The third kappa shape index (κ3) is 3.93. The van der Waals surface area contributed by atoms with Crippen LogP contribution < -0.4 is 10.6 Å². The van der Waals surface area contributed by atoms with Gasteiger partial charge < -0.3 is 10.6 Å². The molecule has 9 heteroatoms. The largest absolute Gasteiger partial charge is 0.325 e. The van der Waals surface area contributed by atoms with Crippen LogP contribution >= 0.6 is 22.7 Å². The van der Waals surface area contributed by atoms with Gasteiger partial charge in [0.05, 0.1) is 10.6 Å². The van der Waals surface area contributed by atoms with Crippen molar-refractivity contribution in [2.75, 3.05) is 11.9 Å². The lowest BCUT2D eigenvalue weighted by Gasteiger charge is -2.34. The maximum absolute atomic E-state index is 12.9. The molecule has 0 atom stereocenters. The van der Waals surface area contributed by atoms with E-state index in [1.807, 2.05) is 24.4 Å². The normalized spacial score (nSPS) is 24.2. The van der Waals surface area contributed by atoms with Crippen LogP contribution in [-0.2, 0) is 9.59 Å². The SMILES string of the molecule is CCC1CCC2(CC1)NC(=O)N(CC(=O)Nc1nc(-c3ccc(C)s3)cs1)C2=O. The first kappa shape index (κ1) is 20.0. The Labute approximate surface area is 177 Å². The van der Waals surface area contributed by atoms with E-state index >= 15 is 0 Å². The Morgan fingerprint density at radius 1 is 1.34 bits per heavy atom. The fraction of sp³-hybridized carbons (Fsp3) is 0.500. The quantitative estimate of drug-likeness (QED) is 0.699. The molecule has 2 aromatic rings. The summed E-state index contributed by atoms with van der Waals surface area (Å²) in [5, 5.41) is 7.91. The molecule has 2 aliphatic rings. The molecule has 154 valence electrons. The minimum Gasteiger partial charge on any atom is -0.323 e. The summed E-state index contributed by atoms with van der Waals surface area (Å²) in [6, 6.07) is 3.55. The van der Waals surface area contributed by atoms with Crippen LogP contribution in [0.3, 0.4) is 0 Å². The Morgan fingerprint density at radius 3 is 2.76 bits per heavy atom. The molecule has 4 amide bonds. The Balaban J connectivity index is 1.38. The van der Waals surface area contributed by atoms with Crippen LogP contribution in [0.1, 0.15) is 43.9 Å². The number of rotatable bonds is 5. The number of thiazole rings is 1. The predicted octanol–water partition coefficient (Wildman–Crippen LogP) is 4.01. The highest BCUT2D eigenvalue weighted by molar-refractivity contribution is 7.17. The van der Waals surface area contributed by atoms with E-state index < -0.39 is 17.5 Å². The monoisotopic (exact) mass is 432 g/mol. The van der Waals surface area contributed by atoms with E-state index in [-0.39, 0.29) is 12.5 Å². The van der Waals surface area contributed by atoms with Crippen LogP contribution in [-0.4, -0.2) is 39.8 Å². The Bertz CT molecular complexity index is 943. The zero-order valence-electron chi connectivity index (χ0n) is 16.5. The van der Waals surface area contributed by atoms with Crippen molar-refractivity contribution in [1.29, 1.82) is 0 Å². The average molecular weight is 433 g/mol. The molecule has 2 fully saturated rings. The van der Waals surface area contributed by atoms with Gasteiger partial charge in [-0.2, -0.15) is 0 Å². The molecule has 2 N–H and O–H groups in total. The average Bonchev–Trinajstić information content (AvgIpc) is 3.39. The molecule has 1 spiro atoms. The van der Waals surface area contributed by atoms with Gasteiger partial charge in [-0.05, 0) is 50.7 Å². The molecule has 7 nitrogen and oxygen atoms in total. The number of aromatic nitrogens is 1. The van der Waals surface area contributed by atoms with Gasteiger partial charge in [-0.1, -0.05) is 13.3 Å². The molecule has 3 heterocycles. The van der Waals surface area contributed by atoms with Gasteiger partial charge in [0, 0.05) is 10.3 Å². The molecule has 0 aromatic carbocycles. The van der Waals surface area contributed by atoms with E-state index in [9.17, 15) is 14.4 Å². The number of aryl methyl sites for hydroxylation is 1. The zero-order chi connectivity index (χ0) is 20.6. The van der Waals surface area contributed by atoms with E-state index in [0.717, 1.165) is 34.7 Å². The summed E-state index contributed by atoms with van der Waals surface area (Å²) in [6.45, 7) is 3.89. The van der Waals surface area contributed by atoms with E-state index in [1.54, 1.807) is 11.3 Å². The lowest BCUT2D eigenvalue weighted by atomic mass is 9.75. The highest BCUT2D eigenvalue weighted by Gasteiger charge is 2.52. The summed E-state index contributed by atoms with van der Waals surface area (Å²) < 4.78 is 0. The summed E-state index contributed by atoms with van der Waals surface area (Å²) in [5.74, 6) is -0.0916. The second-order valence-electron chi connectivity index (χ2n) is 7.75. The molecule has 1 saturated heterocycles. The van der Waals surface area contributed by atoms with E-state index in [4.69, 9.17) is 0 Å². The van der Waals surface area contributed by atoms with Crippen molar-refractivity contribution in [1.82, 2.24) is 15.2 Å². The molecule has 2 aromatic heterocycles. The van der Waals surface area contributed by atoms with Crippen molar-refractivity contribution in [3.63, 3.8) is 0 Å². The van der Waals surface area contributed by atoms with Crippen molar-refractivity contribution in [2.45, 2.75) is 51.5 Å². The molecule has 1 saturated carbocycles. The summed E-state index contributed by atoms with van der Waals surface area (Å²) in [6.07, 6.45) is 4.22. The lowest BCUT2D eigenvalue weighted by molar-refractivity contribution is -0.135. The van der Waals surface area contributed by atoms with Gasteiger partial charge in [0.2, 0.25) is 5.91 Å². The van der Waals surface area contributed by atoms with E-state index in [2.05, 4.69) is 22.5 Å². The predicted molar refractivity (Wildman–Crippen MR) is 114 cm³/mol. The molecule has 1 aliphatic heterocycles. The number of hydrogen-bond donors (Lipinski definition) is 2. The van der Waals surface area contributed by atoms with Crippen LogP contribution in [0, 0.1) is 12.8 Å². The van der Waals surface area contributed by atoms with Crippen molar-refractivity contribution in [3.05, 3.63) is 22.4 Å². The summed E-state index contributed by atoms with van der Waals surface area (Å²) >= 11 is 2.96. The Hall–Kier alpha value is -2.26. The van der Waals surface area contributed by atoms with Gasteiger partial charge in [0.25, 0.3) is 5.91 Å². The number of hydrogen-bond acceptors (Lipinski definition) is 6. The zero-order valence-corrected chi connectivity index (χ0v) is 18.1. The fourth-order valence-corrected chi connectivity index (χ4v) is 5.69. The smallest absolute Gasteiger partial charge is 0.323 e. The summed E-state index contributed by atoms with van der Waals surface area (Å²) in [4.78, 5) is 45.5. The number of carbonyl (C=O) groups is 3. The number of anilines is 1. The van der Waals surface area contributed by atoms with Crippen LogP contribution in [0.15, 0.2) is 17.5 Å². The molecular formula is C20H24N4O3S2. The molecule has 0 unspecified atom stereocenters. The van der Waals surface area contributed by atoms with Crippen LogP contribution in [0.4, 0.5) is 9.93 Å². The molecule has 1 aliphatic carbocycles. The highest BCUT2D eigenvalue weighted by Crippen LogP contribution is 2.37. The second-order valence-corrected chi connectivity index (χ2v) is 9.90. The maximum atomic E-state index is 12.9. The van der Waals surface area contributed by atoms with Crippen LogP contribution in [0.25, 0.3) is 10.6 Å². The number of urea groups is 1. The van der Waals surface area contributed by atoms with Gasteiger partial charge in [0.1, 0.15) is 12.1 Å². The lowest BCUT2D eigenvalue weighted by Crippen LogP contribution is -2.49. The molecule has 0 radical (unpaired) electrons. The summed E-state index contributed by atoms with van der Waals surface area (Å²) in [5.41, 5.74) is -0.0148. The van der Waals surface area contributed by atoms with Crippen molar-refractivity contribution in [2.24, 2.45) is 5.92 Å². The van der Waals surface area contributed by atoms with Gasteiger partial charge >= 0.3 is 6.03 Å². The fourth-order valence-electron chi connectivity index (χ4n) is 4.06. The number of thiophene rings is 1. The van der Waals surface area contributed by atoms with E-state index in [1.165, 1.54) is 16.2 Å². The standard InChI is InChI=1S/C20H24N4O3S2/c1-3-13-6-8-20(9-7-13)17(26)24(19(27)23-20)10-16(25)22-18-21-14(11-28-18)15-5-4-12(2)29-15/h4-5,11,13H,3,6-10H2,1-2H3,(H,23,27)(H,21,22,25). The Morgan fingerprint density at radius 2 is 2.10 bits per heavy atom. The minimum absolute atomic E-state index is 0.277. The molecular weight excluding hydrogens is 408 g/mol. The first-order valence-corrected chi connectivity index (χ1v) is 11.6. The van der Waals surface area contributed by atoms with Gasteiger partial charge in [-0.3, -0.25) is 14.5 Å². The minimum atomic E-state index is -0.825. The molecule has 4 rings (SSSR count). The number of carbonyl (C=O) groups excluding carboxylic acids is 3. The first-order valence-electron chi connectivity index (χ1n) is 9.86. The first-order chi connectivity index (χ1) is 13.9. The number of nitrogens with one attached hydrogen (secondary N) is 2. The Kier molecular flexibility index (Phi) is 5.44. The topological polar surface area (TPSA) is 91.4 Å². The van der Waals surface area contributed by atoms with Crippen molar-refractivity contribution < 1.29 is 14.4 Å². The van der Waals surface area contributed by atoms with Crippen LogP contribution in [0.5, 0.6) is 0 Å². The third-order valence-corrected chi connectivity index (χ3v) is 7.61.